The van der Waals surface area contributed by atoms with Crippen LogP contribution in [0.3, 0.4) is 0 Å². The van der Waals surface area contributed by atoms with Gasteiger partial charge in [0, 0.05) is 43.9 Å². The molecule has 4 heterocycles. The number of rotatable bonds is 4. The summed E-state index contributed by atoms with van der Waals surface area (Å²) < 4.78 is 11.6. The molecule has 1 atom stereocenters. The number of carbonyl (C=O) groups excluding carboxylic acids is 1. The van der Waals surface area contributed by atoms with Crippen LogP contribution in [-0.2, 0) is 11.2 Å². The molecule has 2 saturated heterocycles. The molecule has 0 bridgehead atoms. The summed E-state index contributed by atoms with van der Waals surface area (Å²) in [6.45, 7) is 8.24. The van der Waals surface area contributed by atoms with Gasteiger partial charge in [-0.2, -0.15) is 4.98 Å². The van der Waals surface area contributed by atoms with E-state index in [2.05, 4.69) is 29.0 Å². The summed E-state index contributed by atoms with van der Waals surface area (Å²) in [6.07, 6.45) is 6.26. The van der Waals surface area contributed by atoms with Gasteiger partial charge in [0.2, 0.25) is 5.89 Å². The fraction of sp³-hybridized carbons (Fsp3) is 0.636. The molecule has 2 aromatic heterocycles. The number of aryl methyl sites for hydroxylation is 1. The van der Waals surface area contributed by atoms with Crippen molar-refractivity contribution in [3.05, 3.63) is 41.3 Å². The van der Waals surface area contributed by atoms with E-state index in [1.54, 1.807) is 6.20 Å². The number of amides is 1. The van der Waals surface area contributed by atoms with Crippen LogP contribution in [0, 0.1) is 12.8 Å². The highest BCUT2D eigenvalue weighted by atomic mass is 16.5. The van der Waals surface area contributed by atoms with Gasteiger partial charge in [-0.25, -0.2) is 0 Å². The average Bonchev–Trinajstić information content (AvgIpc) is 3.18. The minimum absolute atomic E-state index is 0.0627. The van der Waals surface area contributed by atoms with E-state index < -0.39 is 0 Å². The Balaban J connectivity index is 1.34. The second-order valence-corrected chi connectivity index (χ2v) is 8.78. The zero-order valence-electron chi connectivity index (χ0n) is 17.6. The Hall–Kier alpha value is -2.28. The number of likely N-dealkylation sites (tertiary alicyclic amines) is 1. The summed E-state index contributed by atoms with van der Waals surface area (Å²) in [4.78, 5) is 23.5. The van der Waals surface area contributed by atoms with Gasteiger partial charge in [0.1, 0.15) is 0 Å². The third kappa shape index (κ3) is 4.50. The van der Waals surface area contributed by atoms with Crippen molar-refractivity contribution in [3.8, 4) is 0 Å². The molecule has 156 valence electrons. The quantitative estimate of drug-likeness (QED) is 0.784. The maximum absolute atomic E-state index is 12.8. The first kappa shape index (κ1) is 20.0. The first-order valence-corrected chi connectivity index (χ1v) is 10.6. The molecule has 2 fully saturated rings. The van der Waals surface area contributed by atoms with Crippen LogP contribution in [0.1, 0.15) is 73.2 Å². The molecule has 2 aromatic rings. The predicted molar refractivity (Wildman–Crippen MR) is 108 cm³/mol. The maximum Gasteiger partial charge on any atom is 0.255 e. The van der Waals surface area contributed by atoms with Crippen molar-refractivity contribution in [2.45, 2.75) is 64.4 Å². The van der Waals surface area contributed by atoms with Crippen molar-refractivity contribution in [1.82, 2.24) is 20.0 Å². The van der Waals surface area contributed by atoms with Gasteiger partial charge in [-0.1, -0.05) is 19.0 Å². The molecule has 29 heavy (non-hydrogen) atoms. The highest BCUT2D eigenvalue weighted by Crippen LogP contribution is 2.39. The fourth-order valence-electron chi connectivity index (χ4n) is 4.39. The number of ether oxygens (including phenoxy) is 1. The van der Waals surface area contributed by atoms with Crippen molar-refractivity contribution in [1.29, 1.82) is 0 Å². The molecule has 4 rings (SSSR count). The number of piperidine rings is 1. The molecule has 1 unspecified atom stereocenters. The zero-order chi connectivity index (χ0) is 20.4. The van der Waals surface area contributed by atoms with Crippen LogP contribution in [0.15, 0.2) is 22.9 Å². The largest absolute Gasteiger partial charge is 0.375 e. The van der Waals surface area contributed by atoms with Gasteiger partial charge in [-0.05, 0) is 50.7 Å². The lowest BCUT2D eigenvalue weighted by Gasteiger charge is -2.46. The first-order valence-electron chi connectivity index (χ1n) is 10.6. The van der Waals surface area contributed by atoms with Crippen molar-refractivity contribution >= 4 is 5.91 Å². The molecule has 0 aromatic carbocycles. The Labute approximate surface area is 171 Å². The third-order valence-corrected chi connectivity index (χ3v) is 6.16. The monoisotopic (exact) mass is 398 g/mol. The number of carbonyl (C=O) groups is 1. The van der Waals surface area contributed by atoms with E-state index in [-0.39, 0.29) is 17.4 Å². The third-order valence-electron chi connectivity index (χ3n) is 6.16. The van der Waals surface area contributed by atoms with E-state index >= 15 is 0 Å². The summed E-state index contributed by atoms with van der Waals surface area (Å²) in [6, 6.07) is 3.74. The molecule has 1 amide bonds. The summed E-state index contributed by atoms with van der Waals surface area (Å²) in [5.74, 6) is 2.31. The highest BCUT2D eigenvalue weighted by molar-refractivity contribution is 5.94. The smallest absolute Gasteiger partial charge is 0.255 e. The van der Waals surface area contributed by atoms with E-state index in [9.17, 15) is 4.79 Å². The van der Waals surface area contributed by atoms with Crippen molar-refractivity contribution < 1.29 is 14.1 Å². The fourth-order valence-corrected chi connectivity index (χ4v) is 4.39. The van der Waals surface area contributed by atoms with Gasteiger partial charge >= 0.3 is 0 Å². The number of nitrogens with zero attached hydrogens (tertiary/aromatic N) is 4. The Morgan fingerprint density at radius 2 is 2.10 bits per heavy atom. The summed E-state index contributed by atoms with van der Waals surface area (Å²) in [5, 5.41) is 4.15. The van der Waals surface area contributed by atoms with Gasteiger partial charge in [0.25, 0.3) is 5.91 Å². The topological polar surface area (TPSA) is 81.4 Å². The molecule has 0 aliphatic carbocycles. The minimum atomic E-state index is -0.129. The van der Waals surface area contributed by atoms with Crippen LogP contribution in [-0.4, -0.2) is 51.2 Å². The Bertz CT molecular complexity index is 838. The van der Waals surface area contributed by atoms with Crippen LogP contribution in [0.4, 0.5) is 0 Å². The SMILES string of the molecule is Cc1ccc(C(=O)N2CCC3(CC2)CC(Cc2noc(C(C)C)n2)CCO3)cn1. The lowest BCUT2D eigenvalue weighted by atomic mass is 9.78. The molecule has 0 N–H and O–H groups in total. The lowest BCUT2D eigenvalue weighted by molar-refractivity contribution is -0.123. The van der Waals surface area contributed by atoms with E-state index in [1.807, 2.05) is 24.0 Å². The highest BCUT2D eigenvalue weighted by Gasteiger charge is 2.41. The Morgan fingerprint density at radius 3 is 2.76 bits per heavy atom. The van der Waals surface area contributed by atoms with E-state index in [0.717, 1.165) is 63.3 Å². The van der Waals surface area contributed by atoms with Gasteiger partial charge in [0.05, 0.1) is 11.2 Å². The lowest BCUT2D eigenvalue weighted by Crippen LogP contribution is -2.51. The number of pyridine rings is 1. The predicted octanol–water partition coefficient (Wildman–Crippen LogP) is 3.54. The van der Waals surface area contributed by atoms with Crippen LogP contribution in [0.25, 0.3) is 0 Å². The molecule has 2 aliphatic heterocycles. The second kappa shape index (κ2) is 8.22. The molecule has 2 aliphatic rings. The summed E-state index contributed by atoms with van der Waals surface area (Å²) in [7, 11) is 0. The van der Waals surface area contributed by atoms with Gasteiger partial charge in [0.15, 0.2) is 5.82 Å². The number of hydrogen-bond donors (Lipinski definition) is 0. The molecule has 7 heteroatoms. The molecular formula is C22H30N4O3. The van der Waals surface area contributed by atoms with Gasteiger partial charge in [-0.3, -0.25) is 9.78 Å². The van der Waals surface area contributed by atoms with Crippen LogP contribution >= 0.6 is 0 Å². The van der Waals surface area contributed by atoms with Gasteiger partial charge in [-0.15, -0.1) is 0 Å². The van der Waals surface area contributed by atoms with Crippen LogP contribution in [0.5, 0.6) is 0 Å². The molecule has 0 radical (unpaired) electrons. The van der Waals surface area contributed by atoms with E-state index in [1.165, 1.54) is 0 Å². The zero-order valence-corrected chi connectivity index (χ0v) is 17.6. The molecule has 0 saturated carbocycles. The molecule has 1 spiro atoms. The molecule has 7 nitrogen and oxygen atoms in total. The van der Waals surface area contributed by atoms with Crippen LogP contribution < -0.4 is 0 Å². The van der Waals surface area contributed by atoms with Crippen molar-refractivity contribution in [2.24, 2.45) is 5.92 Å². The average molecular weight is 399 g/mol. The Kier molecular flexibility index (Phi) is 5.67. The standard InChI is InChI=1S/C22H30N4O3/c1-15(2)20-24-19(25-29-20)12-17-6-11-28-22(13-17)7-9-26(10-8-22)21(27)18-5-4-16(3)23-14-18/h4-5,14-15,17H,6-13H2,1-3H3. The maximum atomic E-state index is 12.8. The normalized spacial score (nSPS) is 21.7. The summed E-state index contributed by atoms with van der Waals surface area (Å²) >= 11 is 0. The minimum Gasteiger partial charge on any atom is -0.375 e. The second-order valence-electron chi connectivity index (χ2n) is 8.78. The van der Waals surface area contributed by atoms with Crippen LogP contribution in [0.2, 0.25) is 0 Å². The molecular weight excluding hydrogens is 368 g/mol. The first-order chi connectivity index (χ1) is 13.9. The van der Waals surface area contributed by atoms with Crippen molar-refractivity contribution in [2.75, 3.05) is 19.7 Å². The van der Waals surface area contributed by atoms with Gasteiger partial charge < -0.3 is 14.2 Å². The van der Waals surface area contributed by atoms with E-state index in [0.29, 0.717) is 17.4 Å². The van der Waals surface area contributed by atoms with Crippen molar-refractivity contribution in [3.63, 3.8) is 0 Å². The number of hydrogen-bond acceptors (Lipinski definition) is 6. The summed E-state index contributed by atoms with van der Waals surface area (Å²) in [5.41, 5.74) is 1.45. The number of aromatic nitrogens is 3. The van der Waals surface area contributed by atoms with E-state index in [4.69, 9.17) is 9.26 Å². The Morgan fingerprint density at radius 1 is 1.31 bits per heavy atom.